The third-order valence-electron chi connectivity index (χ3n) is 7.45. The number of nitrogens with zero attached hydrogens (tertiary/aromatic N) is 1. The first kappa shape index (κ1) is 28.0. The number of nitriles is 1. The largest absolute Gasteiger partial charge is 0.325 e. The molecule has 2 aromatic carbocycles. The Morgan fingerprint density at radius 3 is 2.69 bits per heavy atom. The van der Waals surface area contributed by atoms with Crippen LogP contribution in [0.2, 0.25) is 5.02 Å². The molecular weight excluding hydrogens is 650 g/mol. The maximum Gasteiger partial charge on any atom is 0.242 e. The number of alkyl halides is 1. The predicted octanol–water partition coefficient (Wildman–Crippen LogP) is 6.74. The van der Waals surface area contributed by atoms with Gasteiger partial charge in [0.2, 0.25) is 11.8 Å². The minimum atomic E-state index is -1.27. The van der Waals surface area contributed by atoms with Crippen molar-refractivity contribution in [1.82, 2.24) is 5.32 Å². The van der Waals surface area contributed by atoms with Gasteiger partial charge in [-0.3, -0.25) is 9.59 Å². The maximum atomic E-state index is 16.2. The van der Waals surface area contributed by atoms with Gasteiger partial charge in [-0.25, -0.2) is 4.39 Å². The summed E-state index contributed by atoms with van der Waals surface area (Å²) in [6.45, 7) is 6.23. The molecule has 202 valence electrons. The molecule has 1 fully saturated rings. The van der Waals surface area contributed by atoms with Crippen LogP contribution in [0.25, 0.3) is 0 Å². The van der Waals surface area contributed by atoms with Gasteiger partial charge in [0.05, 0.1) is 11.0 Å². The van der Waals surface area contributed by atoms with Crippen molar-refractivity contribution < 1.29 is 14.0 Å². The van der Waals surface area contributed by atoms with Crippen LogP contribution in [0.5, 0.6) is 0 Å². The lowest BCUT2D eigenvalue weighted by molar-refractivity contribution is -0.122. The Kier molecular flexibility index (Phi) is 7.52. The van der Waals surface area contributed by atoms with Gasteiger partial charge in [0.25, 0.3) is 0 Å². The van der Waals surface area contributed by atoms with Crippen molar-refractivity contribution in [2.75, 3.05) is 10.6 Å². The van der Waals surface area contributed by atoms with Gasteiger partial charge in [0.1, 0.15) is 22.2 Å². The van der Waals surface area contributed by atoms with Gasteiger partial charge in [-0.15, -0.1) is 11.3 Å². The van der Waals surface area contributed by atoms with E-state index in [0.717, 1.165) is 11.3 Å². The number of amides is 2. The van der Waals surface area contributed by atoms with Crippen molar-refractivity contribution in [1.29, 1.82) is 5.26 Å². The number of carbonyl (C=O) groups excluding carboxylic acids is 2. The molecule has 0 radical (unpaired) electrons. The van der Waals surface area contributed by atoms with Crippen molar-refractivity contribution in [2.45, 2.75) is 55.0 Å². The molecule has 5 rings (SSSR count). The number of hydrogen-bond acceptors (Lipinski definition) is 5. The summed E-state index contributed by atoms with van der Waals surface area (Å²) in [5.74, 6) is -1.95. The van der Waals surface area contributed by atoms with E-state index in [1.165, 1.54) is 0 Å². The lowest BCUT2D eigenvalue weighted by atomic mass is 9.62. The van der Waals surface area contributed by atoms with Crippen LogP contribution < -0.4 is 16.0 Å². The first-order chi connectivity index (χ1) is 18.5. The van der Waals surface area contributed by atoms with Crippen molar-refractivity contribution in [2.24, 2.45) is 5.41 Å². The fraction of sp³-hybridized carbons (Fsp3) is 0.345. The van der Waals surface area contributed by atoms with E-state index in [1.807, 2.05) is 6.07 Å². The number of thiophene rings is 1. The molecule has 3 aromatic rings. The SMILES string of the molecule is CC(C)(C)C[C@@H]1N[C@@H](C(=O)Nc2ccc(C#N)s2)[C@H](c2cccc(CI)c2F)[C@]12C(=O)Nc1cc(Cl)ccc12. The molecule has 3 heterocycles. The standard InChI is InChI=1S/C29H27ClFIN4O2S/c1-28(2,3)12-21-29(19-9-7-16(30)11-20(19)34-27(29)38)23(18-6-4-5-15(13-32)24(18)31)25(35-21)26(37)36-22-10-8-17(14-33)39-22/h4-11,21,23,25,35H,12-13H2,1-3H3,(H,34,38)(H,36,37)/t21-,23-,25+,29+/m0/s1. The molecule has 2 amide bonds. The van der Waals surface area contributed by atoms with Crippen LogP contribution in [0.4, 0.5) is 15.1 Å². The Balaban J connectivity index is 1.73. The highest BCUT2D eigenvalue weighted by Crippen LogP contribution is 2.57. The average Bonchev–Trinajstić information content (AvgIpc) is 3.54. The zero-order valence-corrected chi connectivity index (χ0v) is 25.3. The Bertz CT molecular complexity index is 1510. The molecule has 0 aliphatic carbocycles. The molecule has 39 heavy (non-hydrogen) atoms. The number of carbonyl (C=O) groups is 2. The van der Waals surface area contributed by atoms with Crippen LogP contribution in [-0.4, -0.2) is 23.9 Å². The highest BCUT2D eigenvalue weighted by molar-refractivity contribution is 14.1. The van der Waals surface area contributed by atoms with E-state index in [4.69, 9.17) is 11.6 Å². The normalized spacial score (nSPS) is 23.9. The average molecular weight is 677 g/mol. The maximum absolute atomic E-state index is 16.2. The zero-order chi connectivity index (χ0) is 28.1. The molecule has 1 spiro atoms. The number of nitrogens with one attached hydrogen (secondary N) is 3. The van der Waals surface area contributed by atoms with Crippen LogP contribution in [-0.2, 0) is 19.4 Å². The third kappa shape index (κ3) is 4.86. The van der Waals surface area contributed by atoms with Crippen LogP contribution in [0, 0.1) is 22.6 Å². The van der Waals surface area contributed by atoms with Crippen molar-refractivity contribution in [3.63, 3.8) is 0 Å². The Morgan fingerprint density at radius 1 is 1.26 bits per heavy atom. The fourth-order valence-electron chi connectivity index (χ4n) is 6.00. The summed E-state index contributed by atoms with van der Waals surface area (Å²) in [6, 6.07) is 14.4. The molecule has 0 saturated carbocycles. The highest BCUT2D eigenvalue weighted by Gasteiger charge is 2.66. The molecule has 4 atom stereocenters. The molecule has 0 unspecified atom stereocenters. The predicted molar refractivity (Wildman–Crippen MR) is 161 cm³/mol. The molecule has 2 aliphatic rings. The minimum Gasteiger partial charge on any atom is -0.325 e. The van der Waals surface area contributed by atoms with E-state index < -0.39 is 35.1 Å². The topological polar surface area (TPSA) is 94.0 Å². The van der Waals surface area contributed by atoms with Crippen molar-refractivity contribution in [3.8, 4) is 6.07 Å². The quantitative estimate of drug-likeness (QED) is 0.206. The summed E-state index contributed by atoms with van der Waals surface area (Å²) in [5, 5.41) is 19.6. The van der Waals surface area contributed by atoms with Gasteiger partial charge in [0.15, 0.2) is 0 Å². The van der Waals surface area contributed by atoms with Gasteiger partial charge in [-0.1, -0.05) is 79.2 Å². The third-order valence-corrected chi connectivity index (χ3v) is 9.42. The summed E-state index contributed by atoms with van der Waals surface area (Å²) in [5.41, 5.74) is 0.604. The van der Waals surface area contributed by atoms with Gasteiger partial charge in [0, 0.05) is 27.1 Å². The van der Waals surface area contributed by atoms with E-state index in [9.17, 15) is 14.9 Å². The second-order valence-corrected chi connectivity index (χ2v) is 13.5. The monoisotopic (exact) mass is 676 g/mol. The fourth-order valence-corrected chi connectivity index (χ4v) is 7.47. The molecule has 0 bridgehead atoms. The molecule has 3 N–H and O–H groups in total. The molecule has 1 saturated heterocycles. The van der Waals surface area contributed by atoms with Gasteiger partial charge >= 0.3 is 0 Å². The number of fused-ring (bicyclic) bond motifs is 2. The molecular formula is C29H27ClFIN4O2S. The number of anilines is 2. The Hall–Kier alpha value is -2.52. The summed E-state index contributed by atoms with van der Waals surface area (Å²) in [7, 11) is 0. The second kappa shape index (κ2) is 10.5. The molecule has 2 aliphatic heterocycles. The van der Waals surface area contributed by atoms with Crippen molar-refractivity contribution in [3.05, 3.63) is 80.9 Å². The summed E-state index contributed by atoms with van der Waals surface area (Å²) in [4.78, 5) is 28.6. The second-order valence-electron chi connectivity index (χ2n) is 11.2. The van der Waals surface area contributed by atoms with E-state index in [2.05, 4.69) is 65.4 Å². The van der Waals surface area contributed by atoms with E-state index in [1.54, 1.807) is 42.5 Å². The van der Waals surface area contributed by atoms with Crippen LogP contribution in [0.15, 0.2) is 48.5 Å². The van der Waals surface area contributed by atoms with Gasteiger partial charge in [-0.05, 0) is 52.8 Å². The summed E-state index contributed by atoms with van der Waals surface area (Å²) < 4.78 is 16.6. The summed E-state index contributed by atoms with van der Waals surface area (Å²) in [6.07, 6.45) is 0.550. The minimum absolute atomic E-state index is 0.214. The number of benzene rings is 2. The lowest BCUT2D eigenvalue weighted by Gasteiger charge is -2.37. The molecule has 6 nitrogen and oxygen atoms in total. The number of halogens is 3. The van der Waals surface area contributed by atoms with E-state index in [-0.39, 0.29) is 11.3 Å². The highest BCUT2D eigenvalue weighted by atomic mass is 127. The Labute approximate surface area is 249 Å². The zero-order valence-electron chi connectivity index (χ0n) is 21.6. The van der Waals surface area contributed by atoms with E-state index in [0.29, 0.717) is 48.1 Å². The van der Waals surface area contributed by atoms with E-state index >= 15 is 4.39 Å². The first-order valence-electron chi connectivity index (χ1n) is 12.5. The van der Waals surface area contributed by atoms with Gasteiger partial charge < -0.3 is 16.0 Å². The number of rotatable bonds is 5. The van der Waals surface area contributed by atoms with Crippen LogP contribution in [0.3, 0.4) is 0 Å². The summed E-state index contributed by atoms with van der Waals surface area (Å²) >= 11 is 9.57. The molecule has 10 heteroatoms. The van der Waals surface area contributed by atoms with Crippen LogP contribution in [0.1, 0.15) is 54.7 Å². The van der Waals surface area contributed by atoms with Crippen molar-refractivity contribution >= 4 is 68.0 Å². The Morgan fingerprint density at radius 2 is 2.03 bits per heavy atom. The smallest absolute Gasteiger partial charge is 0.242 e. The lowest BCUT2D eigenvalue weighted by Crippen LogP contribution is -2.49. The molecule has 1 aromatic heterocycles. The van der Waals surface area contributed by atoms with Crippen LogP contribution >= 0.6 is 45.5 Å². The van der Waals surface area contributed by atoms with Gasteiger partial charge in [-0.2, -0.15) is 5.26 Å². The first-order valence-corrected chi connectivity index (χ1v) is 15.2. The number of hydrogen-bond donors (Lipinski definition) is 3.